The van der Waals surface area contributed by atoms with Crippen LogP contribution in [-0.4, -0.2) is 19.2 Å². The lowest BCUT2D eigenvalue weighted by Crippen LogP contribution is -2.38. The third-order valence-corrected chi connectivity index (χ3v) is 3.09. The van der Waals surface area contributed by atoms with Crippen molar-refractivity contribution in [2.24, 2.45) is 0 Å². The zero-order chi connectivity index (χ0) is 15.6. The van der Waals surface area contributed by atoms with Crippen LogP contribution in [0.15, 0.2) is 24.3 Å². The summed E-state index contributed by atoms with van der Waals surface area (Å²) >= 11 is 0. The summed E-state index contributed by atoms with van der Waals surface area (Å²) < 4.78 is 67.8. The van der Waals surface area contributed by atoms with Gasteiger partial charge in [-0.3, -0.25) is 0 Å². The van der Waals surface area contributed by atoms with Gasteiger partial charge in [-0.25, -0.2) is 0 Å². The van der Waals surface area contributed by atoms with Crippen molar-refractivity contribution in [3.8, 4) is 0 Å². The number of rotatable bonds is 5. The van der Waals surface area contributed by atoms with E-state index in [9.17, 15) is 22.0 Å². The Morgan fingerprint density at radius 2 is 1.60 bits per heavy atom. The van der Waals surface area contributed by atoms with Gasteiger partial charge in [0.05, 0.1) is 12.5 Å². The van der Waals surface area contributed by atoms with Crippen molar-refractivity contribution in [3.05, 3.63) is 35.4 Å². The minimum absolute atomic E-state index is 0.149. The van der Waals surface area contributed by atoms with Crippen LogP contribution >= 0.6 is 0 Å². The molecule has 0 saturated heterocycles. The molecular formula is C14H17F5O. The molecular weight excluding hydrogens is 279 g/mol. The lowest BCUT2D eigenvalue weighted by molar-refractivity contribution is -0.291. The molecule has 0 heterocycles. The molecule has 114 valence electrons. The highest BCUT2D eigenvalue weighted by atomic mass is 19.4. The second kappa shape index (κ2) is 6.08. The molecule has 0 N–H and O–H groups in total. The molecule has 6 heteroatoms. The summed E-state index contributed by atoms with van der Waals surface area (Å²) in [4.78, 5) is 0. The highest BCUT2D eigenvalue weighted by molar-refractivity contribution is 5.27. The summed E-state index contributed by atoms with van der Waals surface area (Å²) in [6.45, 7) is 3.82. The molecule has 0 saturated carbocycles. The van der Waals surface area contributed by atoms with Gasteiger partial charge >= 0.3 is 12.1 Å². The number of ether oxygens (including phenoxy) is 1. The first kappa shape index (κ1) is 16.9. The standard InChI is InChI=1S/C14H17F5O/c1-9(2)10-5-4-6-11(7-10)12(20-3)8-13(15,16)14(17,18)19/h4-7,9,12H,8H2,1-3H3. The van der Waals surface area contributed by atoms with E-state index < -0.39 is 24.6 Å². The SMILES string of the molecule is COC(CC(F)(F)C(F)(F)F)c1cccc(C(C)C)c1. The maximum Gasteiger partial charge on any atom is 0.453 e. The lowest BCUT2D eigenvalue weighted by atomic mass is 9.96. The molecule has 0 fully saturated rings. The number of hydrogen-bond donors (Lipinski definition) is 0. The van der Waals surface area contributed by atoms with E-state index in [1.807, 2.05) is 13.8 Å². The molecule has 1 aromatic rings. The monoisotopic (exact) mass is 296 g/mol. The first-order chi connectivity index (χ1) is 9.08. The number of hydrogen-bond acceptors (Lipinski definition) is 1. The average molecular weight is 296 g/mol. The van der Waals surface area contributed by atoms with Gasteiger partial charge in [0.2, 0.25) is 0 Å². The average Bonchev–Trinajstić information content (AvgIpc) is 2.34. The quantitative estimate of drug-likeness (QED) is 0.688. The highest BCUT2D eigenvalue weighted by Crippen LogP contribution is 2.42. The maximum absolute atomic E-state index is 13.1. The van der Waals surface area contributed by atoms with Crippen LogP contribution in [0.3, 0.4) is 0 Å². The van der Waals surface area contributed by atoms with Crippen LogP contribution in [0.5, 0.6) is 0 Å². The predicted molar refractivity (Wildman–Crippen MR) is 65.9 cm³/mol. The van der Waals surface area contributed by atoms with Crippen molar-refractivity contribution < 1.29 is 26.7 Å². The molecule has 0 bridgehead atoms. The van der Waals surface area contributed by atoms with Gasteiger partial charge in [-0.15, -0.1) is 0 Å². The van der Waals surface area contributed by atoms with Gasteiger partial charge in [0, 0.05) is 7.11 Å². The minimum Gasteiger partial charge on any atom is -0.377 e. The summed E-state index contributed by atoms with van der Waals surface area (Å²) in [5.74, 6) is -4.63. The molecule has 1 nitrogen and oxygen atoms in total. The molecule has 0 aliphatic rings. The summed E-state index contributed by atoms with van der Waals surface area (Å²) in [5, 5.41) is 0. The van der Waals surface area contributed by atoms with E-state index in [2.05, 4.69) is 0 Å². The maximum atomic E-state index is 13.1. The van der Waals surface area contributed by atoms with Crippen LogP contribution in [0.25, 0.3) is 0 Å². The van der Waals surface area contributed by atoms with Crippen LogP contribution in [0.1, 0.15) is 43.4 Å². The smallest absolute Gasteiger partial charge is 0.377 e. The molecule has 0 amide bonds. The van der Waals surface area contributed by atoms with E-state index in [4.69, 9.17) is 4.74 Å². The van der Waals surface area contributed by atoms with Gasteiger partial charge in [-0.05, 0) is 17.0 Å². The number of benzene rings is 1. The largest absolute Gasteiger partial charge is 0.453 e. The Kier molecular flexibility index (Phi) is 5.13. The molecule has 0 aliphatic carbocycles. The van der Waals surface area contributed by atoms with Gasteiger partial charge in [-0.1, -0.05) is 38.1 Å². The zero-order valence-electron chi connectivity index (χ0n) is 11.5. The van der Waals surface area contributed by atoms with Crippen molar-refractivity contribution >= 4 is 0 Å². The highest BCUT2D eigenvalue weighted by Gasteiger charge is 2.58. The van der Waals surface area contributed by atoms with E-state index in [0.717, 1.165) is 12.7 Å². The van der Waals surface area contributed by atoms with Gasteiger partial charge in [0.1, 0.15) is 0 Å². The molecule has 0 aliphatic heterocycles. The number of halogens is 5. The third kappa shape index (κ3) is 3.91. The van der Waals surface area contributed by atoms with Crippen molar-refractivity contribution in [2.75, 3.05) is 7.11 Å². The van der Waals surface area contributed by atoms with Crippen LogP contribution in [0.4, 0.5) is 22.0 Å². The zero-order valence-corrected chi connectivity index (χ0v) is 11.5. The number of alkyl halides is 5. The fraction of sp³-hybridized carbons (Fsp3) is 0.571. The first-order valence-electron chi connectivity index (χ1n) is 6.15. The second-order valence-corrected chi connectivity index (χ2v) is 4.96. The molecule has 0 spiro atoms. The summed E-state index contributed by atoms with van der Waals surface area (Å²) in [6.07, 6.45) is -8.29. The van der Waals surface area contributed by atoms with E-state index in [1.54, 1.807) is 18.2 Å². The Hall–Kier alpha value is -1.17. The second-order valence-electron chi connectivity index (χ2n) is 4.96. The molecule has 0 radical (unpaired) electrons. The van der Waals surface area contributed by atoms with Crippen molar-refractivity contribution in [1.29, 1.82) is 0 Å². The Morgan fingerprint density at radius 3 is 2.05 bits per heavy atom. The van der Waals surface area contributed by atoms with Gasteiger partial charge < -0.3 is 4.74 Å². The summed E-state index contributed by atoms with van der Waals surface area (Å²) in [5.41, 5.74) is 1.18. The van der Waals surface area contributed by atoms with Gasteiger partial charge in [0.15, 0.2) is 0 Å². The fourth-order valence-corrected chi connectivity index (χ4v) is 1.80. The molecule has 0 aromatic heterocycles. The predicted octanol–water partition coefficient (Wildman–Crippen LogP) is 5.09. The topological polar surface area (TPSA) is 9.23 Å². The van der Waals surface area contributed by atoms with Crippen molar-refractivity contribution in [3.63, 3.8) is 0 Å². The van der Waals surface area contributed by atoms with Crippen LogP contribution in [0.2, 0.25) is 0 Å². The Balaban J connectivity index is 3.00. The van der Waals surface area contributed by atoms with E-state index in [0.29, 0.717) is 5.56 Å². The number of methoxy groups -OCH3 is 1. The minimum atomic E-state index is -5.57. The molecule has 1 unspecified atom stereocenters. The van der Waals surface area contributed by atoms with E-state index in [1.165, 1.54) is 6.07 Å². The van der Waals surface area contributed by atoms with E-state index >= 15 is 0 Å². The van der Waals surface area contributed by atoms with Crippen LogP contribution in [0, 0.1) is 0 Å². The molecule has 20 heavy (non-hydrogen) atoms. The van der Waals surface area contributed by atoms with Crippen LogP contribution in [-0.2, 0) is 4.74 Å². The Bertz CT molecular complexity index is 439. The molecule has 1 atom stereocenters. The van der Waals surface area contributed by atoms with Crippen LogP contribution < -0.4 is 0 Å². The Labute approximate surface area is 114 Å². The first-order valence-corrected chi connectivity index (χ1v) is 6.15. The molecule has 1 rings (SSSR count). The normalized spacial score (nSPS) is 14.7. The third-order valence-electron chi connectivity index (χ3n) is 3.09. The van der Waals surface area contributed by atoms with Crippen molar-refractivity contribution in [1.82, 2.24) is 0 Å². The van der Waals surface area contributed by atoms with Crippen molar-refractivity contribution in [2.45, 2.75) is 44.4 Å². The summed E-state index contributed by atoms with van der Waals surface area (Å²) in [6, 6.07) is 6.52. The Morgan fingerprint density at radius 1 is 1.05 bits per heavy atom. The lowest BCUT2D eigenvalue weighted by Gasteiger charge is -2.25. The fourth-order valence-electron chi connectivity index (χ4n) is 1.80. The van der Waals surface area contributed by atoms with E-state index in [-0.39, 0.29) is 5.92 Å². The van der Waals surface area contributed by atoms with Gasteiger partial charge in [0.25, 0.3) is 0 Å². The summed E-state index contributed by atoms with van der Waals surface area (Å²) in [7, 11) is 1.12. The molecule has 1 aromatic carbocycles. The van der Waals surface area contributed by atoms with Gasteiger partial charge in [-0.2, -0.15) is 22.0 Å².